The van der Waals surface area contributed by atoms with Crippen LogP contribution >= 0.6 is 11.3 Å². The number of carbonyl (C=O) groups is 2. The molecule has 1 aromatic heterocycles. The molecule has 1 atom stereocenters. The predicted molar refractivity (Wildman–Crippen MR) is 108 cm³/mol. The van der Waals surface area contributed by atoms with Crippen molar-refractivity contribution in [1.29, 1.82) is 0 Å². The van der Waals surface area contributed by atoms with Gasteiger partial charge in [-0.3, -0.25) is 4.79 Å². The number of esters is 1. The number of amides is 1. The number of benzene rings is 1. The molecule has 0 aliphatic carbocycles. The first-order chi connectivity index (χ1) is 12.8. The quantitative estimate of drug-likeness (QED) is 0.638. The second kappa shape index (κ2) is 10.1. The van der Waals surface area contributed by atoms with E-state index in [0.29, 0.717) is 17.6 Å². The summed E-state index contributed by atoms with van der Waals surface area (Å²) in [6, 6.07) is 7.88. The van der Waals surface area contributed by atoms with Crippen LogP contribution in [0.25, 0.3) is 0 Å². The Kier molecular flexibility index (Phi) is 7.79. The lowest BCUT2D eigenvalue weighted by Crippen LogP contribution is -2.35. The Bertz CT molecular complexity index is 756. The molecule has 2 N–H and O–H groups in total. The lowest BCUT2D eigenvalue weighted by atomic mass is 10.1. The normalized spacial score (nSPS) is 11.9. The van der Waals surface area contributed by atoms with E-state index in [1.165, 1.54) is 11.3 Å². The average Bonchev–Trinajstić information content (AvgIpc) is 3.09. The minimum Gasteiger partial charge on any atom is -0.448 e. The summed E-state index contributed by atoms with van der Waals surface area (Å²) in [5, 5.41) is 8.28. The molecule has 1 heterocycles. The minimum absolute atomic E-state index is 0.213. The average molecular weight is 390 g/mol. The van der Waals surface area contributed by atoms with Gasteiger partial charge in [0.25, 0.3) is 5.91 Å². The molecule has 0 aliphatic rings. The highest BCUT2D eigenvalue weighted by Crippen LogP contribution is 2.17. The standard InChI is InChI=1S/C20H27N3O3S/c1-13(2)9-10-21-20-23-17(12-27-20)19(25)26-15(4)18(24)22-11-16-7-5-14(3)6-8-16/h5-8,12-13,15H,9-11H2,1-4H3,(H,21,23)(H,22,24)/t15-/m1/s1. The smallest absolute Gasteiger partial charge is 0.358 e. The van der Waals surface area contributed by atoms with E-state index in [9.17, 15) is 9.59 Å². The molecule has 2 rings (SSSR count). The van der Waals surface area contributed by atoms with Crippen molar-refractivity contribution in [1.82, 2.24) is 10.3 Å². The van der Waals surface area contributed by atoms with E-state index >= 15 is 0 Å². The number of anilines is 1. The molecule has 0 aliphatic heterocycles. The predicted octanol–water partition coefficient (Wildman–Crippen LogP) is 3.77. The van der Waals surface area contributed by atoms with Crippen molar-refractivity contribution in [2.24, 2.45) is 5.92 Å². The first-order valence-electron chi connectivity index (χ1n) is 9.08. The van der Waals surface area contributed by atoms with Gasteiger partial charge in [-0.1, -0.05) is 43.7 Å². The molecule has 1 aromatic carbocycles. The maximum absolute atomic E-state index is 12.2. The van der Waals surface area contributed by atoms with Gasteiger partial charge in [-0.15, -0.1) is 11.3 Å². The highest BCUT2D eigenvalue weighted by molar-refractivity contribution is 7.13. The van der Waals surface area contributed by atoms with Crippen LogP contribution in [0.15, 0.2) is 29.6 Å². The van der Waals surface area contributed by atoms with Crippen LogP contribution in [-0.2, 0) is 16.1 Å². The number of hydrogen-bond acceptors (Lipinski definition) is 6. The highest BCUT2D eigenvalue weighted by atomic mass is 32.1. The van der Waals surface area contributed by atoms with Crippen LogP contribution in [0.4, 0.5) is 5.13 Å². The van der Waals surface area contributed by atoms with Gasteiger partial charge in [0, 0.05) is 18.5 Å². The molecule has 0 saturated carbocycles. The Hall–Kier alpha value is -2.41. The van der Waals surface area contributed by atoms with Gasteiger partial charge in [-0.2, -0.15) is 0 Å². The van der Waals surface area contributed by atoms with Crippen molar-refractivity contribution in [3.63, 3.8) is 0 Å². The Labute approximate surface area is 164 Å². The molecule has 0 bridgehead atoms. The number of nitrogens with one attached hydrogen (secondary N) is 2. The number of thiazole rings is 1. The van der Waals surface area contributed by atoms with E-state index in [0.717, 1.165) is 24.1 Å². The lowest BCUT2D eigenvalue weighted by Gasteiger charge is -2.13. The second-order valence-corrected chi connectivity index (χ2v) is 7.76. The summed E-state index contributed by atoms with van der Waals surface area (Å²) in [5.41, 5.74) is 2.36. The third-order valence-electron chi connectivity index (χ3n) is 3.95. The molecule has 6 nitrogen and oxygen atoms in total. The summed E-state index contributed by atoms with van der Waals surface area (Å²) in [6.45, 7) is 9.05. The number of carbonyl (C=O) groups excluding carboxylic acids is 2. The van der Waals surface area contributed by atoms with Crippen molar-refractivity contribution >= 4 is 28.3 Å². The number of aromatic nitrogens is 1. The topological polar surface area (TPSA) is 80.3 Å². The zero-order valence-electron chi connectivity index (χ0n) is 16.2. The number of ether oxygens (including phenoxy) is 1. The van der Waals surface area contributed by atoms with E-state index in [-0.39, 0.29) is 11.6 Å². The van der Waals surface area contributed by atoms with Gasteiger partial charge in [0.1, 0.15) is 0 Å². The van der Waals surface area contributed by atoms with Crippen molar-refractivity contribution in [2.75, 3.05) is 11.9 Å². The summed E-state index contributed by atoms with van der Waals surface area (Å²) in [7, 11) is 0. The van der Waals surface area contributed by atoms with Crippen molar-refractivity contribution in [3.05, 3.63) is 46.5 Å². The molecule has 0 fully saturated rings. The monoisotopic (exact) mass is 389 g/mol. The fraction of sp³-hybridized carbons (Fsp3) is 0.450. The van der Waals surface area contributed by atoms with E-state index in [2.05, 4.69) is 29.5 Å². The molecule has 27 heavy (non-hydrogen) atoms. The molecule has 0 saturated heterocycles. The largest absolute Gasteiger partial charge is 0.448 e. The zero-order valence-corrected chi connectivity index (χ0v) is 17.1. The molecule has 1 amide bonds. The summed E-state index contributed by atoms with van der Waals surface area (Å²) in [5.74, 6) is -0.336. The number of rotatable bonds is 9. The van der Waals surface area contributed by atoms with Crippen LogP contribution in [-0.4, -0.2) is 29.5 Å². The molecule has 0 spiro atoms. The van der Waals surface area contributed by atoms with Crippen LogP contribution in [0, 0.1) is 12.8 Å². The maximum atomic E-state index is 12.2. The molecule has 7 heteroatoms. The van der Waals surface area contributed by atoms with Crippen LogP contribution in [0.3, 0.4) is 0 Å². The van der Waals surface area contributed by atoms with Gasteiger partial charge in [0.2, 0.25) is 0 Å². The Morgan fingerprint density at radius 2 is 1.89 bits per heavy atom. The Morgan fingerprint density at radius 1 is 1.19 bits per heavy atom. The number of hydrogen-bond donors (Lipinski definition) is 2. The molecule has 0 radical (unpaired) electrons. The summed E-state index contributed by atoms with van der Waals surface area (Å²) >= 11 is 1.35. The first-order valence-corrected chi connectivity index (χ1v) is 9.96. The van der Waals surface area contributed by atoms with Crippen LogP contribution in [0.1, 0.15) is 48.8 Å². The first kappa shape index (κ1) is 20.9. The summed E-state index contributed by atoms with van der Waals surface area (Å²) in [4.78, 5) is 28.5. The number of aryl methyl sites for hydroxylation is 1. The maximum Gasteiger partial charge on any atom is 0.358 e. The molecular formula is C20H27N3O3S. The molecule has 146 valence electrons. The van der Waals surface area contributed by atoms with Gasteiger partial charge in [-0.25, -0.2) is 9.78 Å². The number of nitrogens with zero attached hydrogens (tertiary/aromatic N) is 1. The summed E-state index contributed by atoms with van der Waals surface area (Å²) < 4.78 is 5.23. The lowest BCUT2D eigenvalue weighted by molar-refractivity contribution is -0.129. The van der Waals surface area contributed by atoms with Crippen LogP contribution in [0.2, 0.25) is 0 Å². The highest BCUT2D eigenvalue weighted by Gasteiger charge is 2.20. The Balaban J connectivity index is 1.79. The van der Waals surface area contributed by atoms with E-state index in [1.54, 1.807) is 12.3 Å². The van der Waals surface area contributed by atoms with Crippen molar-refractivity contribution < 1.29 is 14.3 Å². The summed E-state index contributed by atoms with van der Waals surface area (Å²) in [6.07, 6.45) is 0.138. The third kappa shape index (κ3) is 7.02. The van der Waals surface area contributed by atoms with E-state index < -0.39 is 12.1 Å². The second-order valence-electron chi connectivity index (χ2n) is 6.90. The fourth-order valence-corrected chi connectivity index (χ4v) is 2.94. The van der Waals surface area contributed by atoms with Crippen LogP contribution < -0.4 is 10.6 Å². The zero-order chi connectivity index (χ0) is 19.8. The van der Waals surface area contributed by atoms with Gasteiger partial charge in [0.15, 0.2) is 16.9 Å². The van der Waals surface area contributed by atoms with Crippen molar-refractivity contribution in [3.8, 4) is 0 Å². The van der Waals surface area contributed by atoms with Crippen LogP contribution in [0.5, 0.6) is 0 Å². The van der Waals surface area contributed by atoms with Crippen molar-refractivity contribution in [2.45, 2.75) is 46.8 Å². The Morgan fingerprint density at radius 3 is 2.56 bits per heavy atom. The minimum atomic E-state index is -0.887. The van der Waals surface area contributed by atoms with E-state index in [4.69, 9.17) is 4.74 Å². The third-order valence-corrected chi connectivity index (χ3v) is 4.75. The SMILES string of the molecule is Cc1ccc(CNC(=O)[C@@H](C)OC(=O)c2csc(NCCC(C)C)n2)cc1. The molecular weight excluding hydrogens is 362 g/mol. The fourth-order valence-electron chi connectivity index (χ4n) is 2.23. The van der Waals surface area contributed by atoms with Gasteiger partial charge >= 0.3 is 5.97 Å². The van der Waals surface area contributed by atoms with Gasteiger partial charge in [-0.05, 0) is 31.7 Å². The molecule has 2 aromatic rings. The van der Waals surface area contributed by atoms with Gasteiger partial charge in [0.05, 0.1) is 0 Å². The molecule has 0 unspecified atom stereocenters. The van der Waals surface area contributed by atoms with Gasteiger partial charge < -0.3 is 15.4 Å². The van der Waals surface area contributed by atoms with E-state index in [1.807, 2.05) is 31.2 Å².